The molecule has 2 N–H and O–H groups in total. The first-order chi connectivity index (χ1) is 7.70. The summed E-state index contributed by atoms with van der Waals surface area (Å²) < 4.78 is 0. The Morgan fingerprint density at radius 2 is 1.75 bits per heavy atom. The van der Waals surface area contributed by atoms with Crippen molar-refractivity contribution >= 4 is 11.8 Å². The lowest BCUT2D eigenvalue weighted by molar-refractivity contribution is -0.126. The molecule has 0 rings (SSSR count). The van der Waals surface area contributed by atoms with Crippen LogP contribution in [0.25, 0.3) is 0 Å². The molecule has 0 aliphatic heterocycles. The van der Waals surface area contributed by atoms with Gasteiger partial charge in [0.2, 0.25) is 11.8 Å². The molecule has 0 aromatic heterocycles. The summed E-state index contributed by atoms with van der Waals surface area (Å²) in [5.41, 5.74) is 0. The highest BCUT2D eigenvalue weighted by molar-refractivity contribution is 5.83. The van der Waals surface area contributed by atoms with Crippen LogP contribution in [0.5, 0.6) is 0 Å². The Morgan fingerprint density at radius 3 is 2.31 bits per heavy atom. The first-order valence-electron chi connectivity index (χ1n) is 5.67. The summed E-state index contributed by atoms with van der Waals surface area (Å²) in [5, 5.41) is 5.28. The number of unbranched alkanes of at least 4 members (excludes halogenated alkanes) is 2. The molecule has 16 heavy (non-hydrogen) atoms. The SMILES string of the molecule is C#CCNC(=O)CCC(=O)NCCCCC. The molecule has 0 saturated carbocycles. The van der Waals surface area contributed by atoms with Gasteiger partial charge in [0.15, 0.2) is 0 Å². The molecule has 0 aliphatic rings. The van der Waals surface area contributed by atoms with Gasteiger partial charge >= 0.3 is 0 Å². The second-order valence-electron chi connectivity index (χ2n) is 3.54. The third-order valence-electron chi connectivity index (χ3n) is 2.07. The summed E-state index contributed by atoms with van der Waals surface area (Å²) >= 11 is 0. The number of terminal acetylenes is 1. The standard InChI is InChI=1S/C12H20N2O2/c1-3-5-6-10-14-12(16)8-7-11(15)13-9-4-2/h2H,3,5-10H2,1H3,(H,13,15)(H,14,16). The molecule has 0 heterocycles. The van der Waals surface area contributed by atoms with Crippen molar-refractivity contribution in [1.29, 1.82) is 0 Å². The predicted octanol–water partition coefficient (Wildman–Crippen LogP) is 0.822. The third kappa shape index (κ3) is 9.07. The van der Waals surface area contributed by atoms with Crippen molar-refractivity contribution in [1.82, 2.24) is 10.6 Å². The zero-order valence-corrected chi connectivity index (χ0v) is 9.84. The summed E-state index contributed by atoms with van der Waals surface area (Å²) in [6.07, 6.45) is 8.64. The van der Waals surface area contributed by atoms with Gasteiger partial charge in [-0.25, -0.2) is 0 Å². The van der Waals surface area contributed by atoms with Crippen LogP contribution in [0.15, 0.2) is 0 Å². The van der Waals surface area contributed by atoms with Gasteiger partial charge in [0.05, 0.1) is 6.54 Å². The summed E-state index contributed by atoms with van der Waals surface area (Å²) in [6.45, 7) is 3.02. The summed E-state index contributed by atoms with van der Waals surface area (Å²) in [5.74, 6) is 2.05. The van der Waals surface area contributed by atoms with Crippen LogP contribution < -0.4 is 10.6 Å². The Hall–Kier alpha value is -1.50. The van der Waals surface area contributed by atoms with Crippen molar-refractivity contribution in [3.8, 4) is 12.3 Å². The lowest BCUT2D eigenvalue weighted by atomic mass is 10.2. The number of hydrogen-bond donors (Lipinski definition) is 2. The molecular formula is C12H20N2O2. The normalized spacial score (nSPS) is 9.25. The molecule has 0 radical (unpaired) electrons. The van der Waals surface area contributed by atoms with E-state index in [1.54, 1.807) is 0 Å². The average molecular weight is 224 g/mol. The summed E-state index contributed by atoms with van der Waals surface area (Å²) in [6, 6.07) is 0. The van der Waals surface area contributed by atoms with Crippen LogP contribution >= 0.6 is 0 Å². The fourth-order valence-corrected chi connectivity index (χ4v) is 1.16. The Kier molecular flexibility index (Phi) is 9.09. The third-order valence-corrected chi connectivity index (χ3v) is 2.07. The van der Waals surface area contributed by atoms with E-state index in [1.807, 2.05) is 0 Å². The van der Waals surface area contributed by atoms with Crippen molar-refractivity contribution in [2.75, 3.05) is 13.1 Å². The van der Waals surface area contributed by atoms with Gasteiger partial charge in [0.1, 0.15) is 0 Å². The van der Waals surface area contributed by atoms with Crippen LogP contribution in [0, 0.1) is 12.3 Å². The van der Waals surface area contributed by atoms with Gasteiger partial charge in [-0.3, -0.25) is 9.59 Å². The molecule has 0 aliphatic carbocycles. The molecule has 0 bridgehead atoms. The topological polar surface area (TPSA) is 58.2 Å². The predicted molar refractivity (Wildman–Crippen MR) is 63.6 cm³/mol. The van der Waals surface area contributed by atoms with E-state index in [0.717, 1.165) is 19.3 Å². The Balaban J connectivity index is 3.43. The molecule has 90 valence electrons. The Labute approximate surface area is 97.2 Å². The van der Waals surface area contributed by atoms with E-state index in [2.05, 4.69) is 23.5 Å². The van der Waals surface area contributed by atoms with Gasteiger partial charge in [-0.05, 0) is 6.42 Å². The van der Waals surface area contributed by atoms with Gasteiger partial charge in [-0.15, -0.1) is 6.42 Å². The van der Waals surface area contributed by atoms with Gasteiger partial charge in [0.25, 0.3) is 0 Å². The van der Waals surface area contributed by atoms with E-state index in [9.17, 15) is 9.59 Å². The van der Waals surface area contributed by atoms with Crippen molar-refractivity contribution in [3.05, 3.63) is 0 Å². The Bertz CT molecular complexity index is 256. The van der Waals surface area contributed by atoms with E-state index >= 15 is 0 Å². The van der Waals surface area contributed by atoms with Gasteiger partial charge < -0.3 is 10.6 Å². The smallest absolute Gasteiger partial charge is 0.221 e. The van der Waals surface area contributed by atoms with Crippen LogP contribution in [0.3, 0.4) is 0 Å². The molecule has 4 nitrogen and oxygen atoms in total. The zero-order valence-electron chi connectivity index (χ0n) is 9.84. The van der Waals surface area contributed by atoms with Gasteiger partial charge in [-0.2, -0.15) is 0 Å². The average Bonchev–Trinajstić information content (AvgIpc) is 2.29. The van der Waals surface area contributed by atoms with E-state index < -0.39 is 0 Å². The minimum atomic E-state index is -0.179. The first-order valence-corrected chi connectivity index (χ1v) is 5.67. The second kappa shape index (κ2) is 10.0. The lowest BCUT2D eigenvalue weighted by Crippen LogP contribution is -2.28. The van der Waals surface area contributed by atoms with Gasteiger partial charge in [-0.1, -0.05) is 25.7 Å². The van der Waals surface area contributed by atoms with E-state index in [1.165, 1.54) is 0 Å². The molecule has 4 heteroatoms. The monoisotopic (exact) mass is 224 g/mol. The van der Waals surface area contributed by atoms with Crippen LogP contribution in [-0.2, 0) is 9.59 Å². The van der Waals surface area contributed by atoms with Crippen molar-refractivity contribution < 1.29 is 9.59 Å². The maximum Gasteiger partial charge on any atom is 0.221 e. The minimum absolute atomic E-state index is 0.0769. The highest BCUT2D eigenvalue weighted by atomic mass is 16.2. The van der Waals surface area contributed by atoms with Crippen LogP contribution in [0.2, 0.25) is 0 Å². The molecule has 0 unspecified atom stereocenters. The van der Waals surface area contributed by atoms with Crippen LogP contribution in [-0.4, -0.2) is 24.9 Å². The molecule has 0 aromatic rings. The number of amides is 2. The molecule has 0 fully saturated rings. The number of rotatable bonds is 8. The van der Waals surface area contributed by atoms with E-state index in [4.69, 9.17) is 6.42 Å². The summed E-state index contributed by atoms with van der Waals surface area (Å²) in [4.78, 5) is 22.3. The molecule has 0 spiro atoms. The van der Waals surface area contributed by atoms with Crippen LogP contribution in [0.1, 0.15) is 39.0 Å². The first kappa shape index (κ1) is 14.5. The van der Waals surface area contributed by atoms with Crippen molar-refractivity contribution in [2.45, 2.75) is 39.0 Å². The quantitative estimate of drug-likeness (QED) is 0.474. The van der Waals surface area contributed by atoms with Crippen LogP contribution in [0.4, 0.5) is 0 Å². The number of carbonyl (C=O) groups is 2. The zero-order chi connectivity index (χ0) is 12.2. The number of hydrogen-bond acceptors (Lipinski definition) is 2. The lowest BCUT2D eigenvalue weighted by Gasteiger charge is -2.04. The molecule has 0 atom stereocenters. The number of carbonyl (C=O) groups excluding carboxylic acids is 2. The van der Waals surface area contributed by atoms with E-state index in [0.29, 0.717) is 6.54 Å². The molecular weight excluding hydrogens is 204 g/mol. The highest BCUT2D eigenvalue weighted by Gasteiger charge is 2.05. The largest absolute Gasteiger partial charge is 0.356 e. The molecule has 0 saturated heterocycles. The maximum absolute atomic E-state index is 11.3. The fraction of sp³-hybridized carbons (Fsp3) is 0.667. The second-order valence-corrected chi connectivity index (χ2v) is 3.54. The number of nitrogens with one attached hydrogen (secondary N) is 2. The minimum Gasteiger partial charge on any atom is -0.356 e. The Morgan fingerprint density at radius 1 is 1.12 bits per heavy atom. The summed E-state index contributed by atoms with van der Waals surface area (Å²) in [7, 11) is 0. The van der Waals surface area contributed by atoms with Crippen molar-refractivity contribution in [3.63, 3.8) is 0 Å². The van der Waals surface area contributed by atoms with Gasteiger partial charge in [0, 0.05) is 19.4 Å². The maximum atomic E-state index is 11.3. The van der Waals surface area contributed by atoms with E-state index in [-0.39, 0.29) is 31.2 Å². The molecule has 0 aromatic carbocycles. The van der Waals surface area contributed by atoms with Crippen molar-refractivity contribution in [2.24, 2.45) is 0 Å². The highest BCUT2D eigenvalue weighted by Crippen LogP contribution is 1.93. The fourth-order valence-electron chi connectivity index (χ4n) is 1.16. The molecule has 2 amide bonds.